The van der Waals surface area contributed by atoms with Crippen molar-refractivity contribution in [2.75, 3.05) is 18.2 Å². The van der Waals surface area contributed by atoms with Crippen molar-refractivity contribution in [3.05, 3.63) is 75.9 Å². The number of ether oxygens (including phenoxy) is 1. The number of benzene rings is 2. The minimum Gasteiger partial charge on any atom is -0.495 e. The van der Waals surface area contributed by atoms with E-state index in [0.717, 1.165) is 11.3 Å². The van der Waals surface area contributed by atoms with Crippen molar-refractivity contribution in [2.45, 2.75) is 12.1 Å². The minimum atomic E-state index is -0.180. The maximum absolute atomic E-state index is 13.2. The number of nitrogens with one attached hydrogen (secondary N) is 1. The Kier molecular flexibility index (Phi) is 5.87. The van der Waals surface area contributed by atoms with Crippen molar-refractivity contribution in [1.29, 1.82) is 0 Å². The van der Waals surface area contributed by atoms with E-state index < -0.39 is 0 Å². The fraction of sp³-hybridized carbons (Fsp3) is 0.136. The van der Waals surface area contributed by atoms with Crippen LogP contribution in [0.3, 0.4) is 0 Å². The first-order chi connectivity index (χ1) is 14.6. The second-order valence-corrected chi connectivity index (χ2v) is 8.41. The molecule has 2 heterocycles. The number of methoxy groups -OCH3 is 1. The van der Waals surface area contributed by atoms with E-state index >= 15 is 0 Å². The Morgan fingerprint density at radius 1 is 1.20 bits per heavy atom. The van der Waals surface area contributed by atoms with Crippen molar-refractivity contribution in [2.24, 2.45) is 0 Å². The number of amides is 1. The molecule has 30 heavy (non-hydrogen) atoms. The molecule has 152 valence electrons. The molecule has 0 aliphatic heterocycles. The Bertz CT molecular complexity index is 1280. The molecule has 0 saturated heterocycles. The highest BCUT2D eigenvalue weighted by Gasteiger charge is 2.18. The fourth-order valence-electron chi connectivity index (χ4n) is 3.07. The molecule has 1 amide bonds. The molecule has 0 atom stereocenters. The summed E-state index contributed by atoms with van der Waals surface area (Å²) < 4.78 is 7.53. The predicted octanol–water partition coefficient (Wildman–Crippen LogP) is 4.50. The number of fused-ring (bicyclic) bond motifs is 1. The molecule has 0 bridgehead atoms. The first kappa shape index (κ1) is 20.2. The van der Waals surface area contributed by atoms with Gasteiger partial charge in [-0.25, -0.2) is 4.98 Å². The third-order valence-corrected chi connectivity index (χ3v) is 6.24. The topological polar surface area (TPSA) is 73.2 Å². The first-order valence-corrected chi connectivity index (χ1v) is 11.1. The second kappa shape index (κ2) is 8.73. The average Bonchev–Trinajstić information content (AvgIpc) is 3.21. The standard InChI is InChI=1S/C22H19N3O3S2/c1-14-6-5-7-15(12-14)23-19(26)13-30-22-24-16-10-11-29-20(16)21(27)25(22)17-8-3-4-9-18(17)28-2/h3-12H,13H2,1-2H3,(H,23,26). The van der Waals surface area contributed by atoms with Crippen LogP contribution in [0.4, 0.5) is 5.69 Å². The molecular formula is C22H19N3O3S2. The summed E-state index contributed by atoms with van der Waals surface area (Å²) in [6.07, 6.45) is 0. The van der Waals surface area contributed by atoms with Crippen molar-refractivity contribution in [3.8, 4) is 11.4 Å². The monoisotopic (exact) mass is 437 g/mol. The minimum absolute atomic E-state index is 0.116. The molecule has 2 aromatic carbocycles. The molecular weight excluding hydrogens is 418 g/mol. The molecule has 0 fully saturated rings. The molecule has 4 rings (SSSR count). The Morgan fingerprint density at radius 3 is 2.83 bits per heavy atom. The van der Waals surface area contributed by atoms with Crippen LogP contribution in [0.2, 0.25) is 0 Å². The molecule has 8 heteroatoms. The van der Waals surface area contributed by atoms with E-state index in [1.54, 1.807) is 19.2 Å². The summed E-state index contributed by atoms with van der Waals surface area (Å²) in [4.78, 5) is 30.4. The first-order valence-electron chi connectivity index (χ1n) is 9.20. The Morgan fingerprint density at radius 2 is 2.03 bits per heavy atom. The van der Waals surface area contributed by atoms with Crippen molar-refractivity contribution in [3.63, 3.8) is 0 Å². The lowest BCUT2D eigenvalue weighted by atomic mass is 10.2. The van der Waals surface area contributed by atoms with Gasteiger partial charge in [0.25, 0.3) is 5.56 Å². The summed E-state index contributed by atoms with van der Waals surface area (Å²) in [5, 5.41) is 5.16. The van der Waals surface area contributed by atoms with E-state index in [1.807, 2.05) is 54.8 Å². The SMILES string of the molecule is COc1ccccc1-n1c(SCC(=O)Nc2cccc(C)c2)nc2ccsc2c1=O. The van der Waals surface area contributed by atoms with Crippen LogP contribution in [0.25, 0.3) is 15.9 Å². The maximum Gasteiger partial charge on any atom is 0.276 e. The van der Waals surface area contributed by atoms with Gasteiger partial charge in [-0.05, 0) is 48.2 Å². The van der Waals surface area contributed by atoms with Crippen molar-refractivity contribution in [1.82, 2.24) is 9.55 Å². The molecule has 0 saturated carbocycles. The molecule has 2 aromatic heterocycles. The van der Waals surface area contributed by atoms with Crippen molar-refractivity contribution < 1.29 is 9.53 Å². The van der Waals surface area contributed by atoms with Crippen LogP contribution in [-0.4, -0.2) is 28.3 Å². The number of nitrogens with zero attached hydrogens (tertiary/aromatic N) is 2. The van der Waals surface area contributed by atoms with Gasteiger partial charge in [-0.3, -0.25) is 14.2 Å². The van der Waals surface area contributed by atoms with Crippen LogP contribution < -0.4 is 15.6 Å². The smallest absolute Gasteiger partial charge is 0.276 e. The number of hydrogen-bond acceptors (Lipinski definition) is 6. The number of rotatable bonds is 6. The number of carbonyl (C=O) groups excluding carboxylic acids is 1. The molecule has 0 radical (unpaired) electrons. The third kappa shape index (κ3) is 4.10. The summed E-state index contributed by atoms with van der Waals surface area (Å²) in [6.45, 7) is 1.97. The normalized spacial score (nSPS) is 10.9. The van der Waals surface area contributed by atoms with Crippen LogP contribution in [0.1, 0.15) is 5.56 Å². The number of hydrogen-bond donors (Lipinski definition) is 1. The van der Waals surface area contributed by atoms with Gasteiger partial charge in [0.2, 0.25) is 5.91 Å². The van der Waals surface area contributed by atoms with E-state index in [4.69, 9.17) is 4.74 Å². The Balaban J connectivity index is 1.68. The van der Waals surface area contributed by atoms with Crippen LogP contribution >= 0.6 is 23.1 Å². The molecule has 4 aromatic rings. The average molecular weight is 438 g/mol. The molecule has 0 unspecified atom stereocenters. The number of para-hydroxylation sites is 2. The highest BCUT2D eigenvalue weighted by atomic mass is 32.2. The van der Waals surface area contributed by atoms with E-state index in [2.05, 4.69) is 10.3 Å². The van der Waals surface area contributed by atoms with Gasteiger partial charge in [-0.15, -0.1) is 11.3 Å². The van der Waals surface area contributed by atoms with Gasteiger partial charge in [-0.2, -0.15) is 0 Å². The van der Waals surface area contributed by atoms with Crippen LogP contribution in [0.5, 0.6) is 5.75 Å². The number of aryl methyl sites for hydroxylation is 1. The zero-order valence-electron chi connectivity index (χ0n) is 16.4. The quantitative estimate of drug-likeness (QED) is 0.355. The molecule has 1 N–H and O–H groups in total. The third-order valence-electron chi connectivity index (χ3n) is 4.41. The van der Waals surface area contributed by atoms with Gasteiger partial charge >= 0.3 is 0 Å². The summed E-state index contributed by atoms with van der Waals surface area (Å²) in [5.41, 5.74) is 2.84. The largest absolute Gasteiger partial charge is 0.495 e. The van der Waals surface area contributed by atoms with Crippen LogP contribution in [0.15, 0.2) is 69.9 Å². The highest BCUT2D eigenvalue weighted by Crippen LogP contribution is 2.28. The summed E-state index contributed by atoms with van der Waals surface area (Å²) >= 11 is 2.56. The van der Waals surface area contributed by atoms with Gasteiger partial charge < -0.3 is 10.1 Å². The number of carbonyl (C=O) groups is 1. The summed E-state index contributed by atoms with van der Waals surface area (Å²) in [5.74, 6) is 0.505. The summed E-state index contributed by atoms with van der Waals surface area (Å²) in [7, 11) is 1.56. The van der Waals surface area contributed by atoms with Gasteiger partial charge in [0.05, 0.1) is 24.1 Å². The zero-order valence-corrected chi connectivity index (χ0v) is 18.0. The van der Waals surface area contributed by atoms with E-state index in [1.165, 1.54) is 27.7 Å². The lowest BCUT2D eigenvalue weighted by Gasteiger charge is -2.14. The molecule has 0 aliphatic carbocycles. The molecule has 0 spiro atoms. The van der Waals surface area contributed by atoms with Gasteiger partial charge in [0.15, 0.2) is 5.16 Å². The molecule has 0 aliphatic rings. The predicted molar refractivity (Wildman–Crippen MR) is 122 cm³/mol. The Hall–Kier alpha value is -3.10. The van der Waals surface area contributed by atoms with E-state index in [-0.39, 0.29) is 17.2 Å². The van der Waals surface area contributed by atoms with Gasteiger partial charge in [0, 0.05) is 5.69 Å². The lowest BCUT2D eigenvalue weighted by molar-refractivity contribution is -0.113. The fourth-order valence-corrected chi connectivity index (χ4v) is 4.63. The van der Waals surface area contributed by atoms with Crippen LogP contribution in [0, 0.1) is 6.92 Å². The lowest BCUT2D eigenvalue weighted by Crippen LogP contribution is -2.22. The highest BCUT2D eigenvalue weighted by molar-refractivity contribution is 7.99. The number of anilines is 1. The Labute approximate surface area is 181 Å². The van der Waals surface area contributed by atoms with Crippen LogP contribution in [-0.2, 0) is 4.79 Å². The summed E-state index contributed by atoms with van der Waals surface area (Å²) in [6, 6.07) is 16.7. The van der Waals surface area contributed by atoms with Gasteiger partial charge in [-0.1, -0.05) is 36.0 Å². The zero-order chi connectivity index (χ0) is 21.1. The number of aromatic nitrogens is 2. The van der Waals surface area contributed by atoms with Crippen molar-refractivity contribution >= 4 is 44.9 Å². The number of thiophene rings is 1. The maximum atomic E-state index is 13.2. The van der Waals surface area contributed by atoms with Gasteiger partial charge in [0.1, 0.15) is 10.4 Å². The molecule has 6 nitrogen and oxygen atoms in total. The van der Waals surface area contributed by atoms with E-state index in [0.29, 0.717) is 26.8 Å². The number of thioether (sulfide) groups is 1. The van der Waals surface area contributed by atoms with E-state index in [9.17, 15) is 9.59 Å². The second-order valence-electron chi connectivity index (χ2n) is 6.55.